The Morgan fingerprint density at radius 1 is 1.00 bits per heavy atom. The van der Waals surface area contributed by atoms with Gasteiger partial charge in [-0.05, 0) is 61.4 Å². The number of nitrogens with one attached hydrogen (secondary N) is 3. The molecule has 1 heterocycles. The van der Waals surface area contributed by atoms with Crippen LogP contribution in [0.25, 0.3) is 11.0 Å². The Morgan fingerprint density at radius 2 is 1.81 bits per heavy atom. The Bertz CT molecular complexity index is 1340. The van der Waals surface area contributed by atoms with Gasteiger partial charge in [-0.2, -0.15) is 0 Å². The number of benzene rings is 3. The van der Waals surface area contributed by atoms with Crippen molar-refractivity contribution >= 4 is 32.7 Å². The summed E-state index contributed by atoms with van der Waals surface area (Å²) in [5, 5.41) is 2.80. The zero-order chi connectivity index (χ0) is 22.0. The second-order valence-corrected chi connectivity index (χ2v) is 8.99. The van der Waals surface area contributed by atoms with Gasteiger partial charge in [0.05, 0.1) is 22.5 Å². The van der Waals surface area contributed by atoms with Gasteiger partial charge < -0.3 is 10.3 Å². The monoisotopic (exact) mass is 434 g/mol. The van der Waals surface area contributed by atoms with Gasteiger partial charge in [-0.3, -0.25) is 9.52 Å². The van der Waals surface area contributed by atoms with E-state index in [2.05, 4.69) is 20.0 Å². The molecule has 8 heteroatoms. The fourth-order valence-corrected chi connectivity index (χ4v) is 4.67. The van der Waals surface area contributed by atoms with Crippen molar-refractivity contribution in [3.8, 4) is 0 Å². The first-order valence-electron chi connectivity index (χ1n) is 9.74. The van der Waals surface area contributed by atoms with E-state index in [-0.39, 0.29) is 17.3 Å². The van der Waals surface area contributed by atoms with Crippen LogP contribution in [0.1, 0.15) is 27.3 Å². The molecule has 31 heavy (non-hydrogen) atoms. The molecule has 0 saturated heterocycles. The van der Waals surface area contributed by atoms with Crippen molar-refractivity contribution in [1.29, 1.82) is 0 Å². The summed E-state index contributed by atoms with van der Waals surface area (Å²) in [6, 6.07) is 19.3. The van der Waals surface area contributed by atoms with Gasteiger partial charge in [0.25, 0.3) is 15.9 Å². The predicted molar refractivity (Wildman–Crippen MR) is 120 cm³/mol. The lowest BCUT2D eigenvalue weighted by atomic mass is 10.2. The average Bonchev–Trinajstić information content (AvgIpc) is 3.16. The Morgan fingerprint density at radius 3 is 2.61 bits per heavy atom. The van der Waals surface area contributed by atoms with E-state index in [4.69, 9.17) is 0 Å². The number of sulfonamides is 1. The van der Waals surface area contributed by atoms with Gasteiger partial charge in [0, 0.05) is 11.3 Å². The predicted octanol–water partition coefficient (Wildman–Crippen LogP) is 3.91. The van der Waals surface area contributed by atoms with E-state index in [1.54, 1.807) is 37.3 Å². The first-order valence-corrected chi connectivity index (χ1v) is 11.2. The molecule has 0 unspecified atom stereocenters. The zero-order valence-corrected chi connectivity index (χ0v) is 18.0. The van der Waals surface area contributed by atoms with Crippen molar-refractivity contribution in [1.82, 2.24) is 15.3 Å². The number of amides is 1. The topological polar surface area (TPSA) is 104 Å². The number of anilines is 1. The largest absolute Gasteiger partial charge is 0.345 e. The molecular formula is C23H22N4O3S. The van der Waals surface area contributed by atoms with E-state index in [1.165, 1.54) is 6.07 Å². The highest BCUT2D eigenvalue weighted by molar-refractivity contribution is 7.92. The molecule has 0 fully saturated rings. The molecule has 0 bridgehead atoms. The summed E-state index contributed by atoms with van der Waals surface area (Å²) < 4.78 is 28.2. The van der Waals surface area contributed by atoms with Crippen LogP contribution in [0.5, 0.6) is 0 Å². The highest BCUT2D eigenvalue weighted by Gasteiger charge is 2.18. The smallest absolute Gasteiger partial charge is 0.262 e. The van der Waals surface area contributed by atoms with Gasteiger partial charge in [-0.15, -0.1) is 0 Å². The molecule has 3 aromatic carbocycles. The number of aromatic amines is 1. The summed E-state index contributed by atoms with van der Waals surface area (Å²) in [5.41, 5.74) is 3.89. The highest BCUT2D eigenvalue weighted by Crippen LogP contribution is 2.21. The maximum Gasteiger partial charge on any atom is 0.262 e. The Hall–Kier alpha value is -3.65. The quantitative estimate of drug-likeness (QED) is 0.428. The van der Waals surface area contributed by atoms with E-state index in [0.717, 1.165) is 16.6 Å². The number of fused-ring (bicyclic) bond motifs is 1. The van der Waals surface area contributed by atoms with Gasteiger partial charge >= 0.3 is 0 Å². The molecule has 4 aromatic rings. The van der Waals surface area contributed by atoms with Crippen molar-refractivity contribution in [2.45, 2.75) is 25.3 Å². The lowest BCUT2D eigenvalue weighted by molar-refractivity contribution is 0.0950. The number of para-hydroxylation sites is 2. The van der Waals surface area contributed by atoms with Gasteiger partial charge in [0.1, 0.15) is 5.82 Å². The molecule has 0 spiro atoms. The summed E-state index contributed by atoms with van der Waals surface area (Å²) in [5.74, 6) is 0.314. The maximum atomic E-state index is 12.8. The molecule has 4 rings (SSSR count). The first kappa shape index (κ1) is 20.6. The number of hydrogen-bond acceptors (Lipinski definition) is 4. The molecule has 3 N–H and O–H groups in total. The van der Waals surface area contributed by atoms with Crippen LogP contribution in [0.3, 0.4) is 0 Å². The Balaban J connectivity index is 1.48. The lowest BCUT2D eigenvalue weighted by Gasteiger charge is -2.12. The number of rotatable bonds is 6. The SMILES string of the molecule is Cc1ccc(C)c(S(=O)(=O)Nc2cccc(C(=O)NCc3nc4ccccc4[nH]3)c2)c1. The minimum Gasteiger partial charge on any atom is -0.345 e. The number of nitrogens with zero attached hydrogens (tertiary/aromatic N) is 1. The van der Waals surface area contributed by atoms with Gasteiger partial charge in [0.15, 0.2) is 0 Å². The van der Waals surface area contributed by atoms with Crippen LogP contribution in [0.4, 0.5) is 5.69 Å². The molecule has 1 aromatic heterocycles. The first-order chi connectivity index (χ1) is 14.8. The summed E-state index contributed by atoms with van der Waals surface area (Å²) in [7, 11) is -3.78. The van der Waals surface area contributed by atoms with Crippen LogP contribution < -0.4 is 10.0 Å². The second kappa shape index (κ2) is 8.23. The molecule has 0 aliphatic rings. The normalized spacial score (nSPS) is 11.4. The summed E-state index contributed by atoms with van der Waals surface area (Å²) in [4.78, 5) is 20.4. The third kappa shape index (κ3) is 4.59. The fraction of sp³-hybridized carbons (Fsp3) is 0.130. The van der Waals surface area contributed by atoms with Crippen LogP contribution in [-0.2, 0) is 16.6 Å². The molecule has 0 atom stereocenters. The van der Waals surface area contributed by atoms with Crippen molar-refractivity contribution in [2.24, 2.45) is 0 Å². The fourth-order valence-electron chi connectivity index (χ4n) is 3.29. The number of hydrogen-bond donors (Lipinski definition) is 3. The highest BCUT2D eigenvalue weighted by atomic mass is 32.2. The number of H-pyrrole nitrogens is 1. The van der Waals surface area contributed by atoms with Crippen molar-refractivity contribution in [3.05, 3.63) is 89.2 Å². The third-order valence-electron chi connectivity index (χ3n) is 4.86. The minimum atomic E-state index is -3.78. The molecule has 158 valence electrons. The molecule has 0 radical (unpaired) electrons. The summed E-state index contributed by atoms with van der Waals surface area (Å²) in [6.45, 7) is 3.81. The van der Waals surface area contributed by atoms with Crippen LogP contribution in [0, 0.1) is 13.8 Å². The number of aryl methyl sites for hydroxylation is 2. The molecule has 0 aliphatic heterocycles. The summed E-state index contributed by atoms with van der Waals surface area (Å²) in [6.07, 6.45) is 0. The lowest BCUT2D eigenvalue weighted by Crippen LogP contribution is -2.23. The van der Waals surface area contributed by atoms with Gasteiger partial charge in [-0.25, -0.2) is 13.4 Å². The Labute approximate surface area is 180 Å². The number of imidazole rings is 1. The van der Waals surface area contributed by atoms with E-state index in [9.17, 15) is 13.2 Å². The van der Waals surface area contributed by atoms with Crippen LogP contribution in [-0.4, -0.2) is 24.3 Å². The molecule has 1 amide bonds. The van der Waals surface area contributed by atoms with Crippen molar-refractivity contribution in [3.63, 3.8) is 0 Å². The van der Waals surface area contributed by atoms with Gasteiger partial charge in [-0.1, -0.05) is 30.3 Å². The molecular weight excluding hydrogens is 412 g/mol. The van der Waals surface area contributed by atoms with Crippen LogP contribution in [0.2, 0.25) is 0 Å². The zero-order valence-electron chi connectivity index (χ0n) is 17.1. The van der Waals surface area contributed by atoms with E-state index < -0.39 is 10.0 Å². The second-order valence-electron chi connectivity index (χ2n) is 7.34. The number of carbonyl (C=O) groups excluding carboxylic acids is 1. The minimum absolute atomic E-state index is 0.215. The molecule has 0 saturated carbocycles. The van der Waals surface area contributed by atoms with E-state index in [1.807, 2.05) is 37.3 Å². The van der Waals surface area contributed by atoms with Crippen molar-refractivity contribution in [2.75, 3.05) is 4.72 Å². The van der Waals surface area contributed by atoms with E-state index in [0.29, 0.717) is 22.6 Å². The van der Waals surface area contributed by atoms with Gasteiger partial charge in [0.2, 0.25) is 0 Å². The number of aromatic nitrogens is 2. The van der Waals surface area contributed by atoms with Crippen LogP contribution >= 0.6 is 0 Å². The van der Waals surface area contributed by atoms with Crippen molar-refractivity contribution < 1.29 is 13.2 Å². The maximum absolute atomic E-state index is 12.8. The molecule has 0 aliphatic carbocycles. The standard InChI is InChI=1S/C23H22N4O3S/c1-15-10-11-16(2)21(12-15)31(29,30)27-18-7-5-6-17(13-18)23(28)24-14-22-25-19-8-3-4-9-20(19)26-22/h3-13,27H,14H2,1-2H3,(H,24,28)(H,25,26). The molecule has 7 nitrogen and oxygen atoms in total. The van der Waals surface area contributed by atoms with E-state index >= 15 is 0 Å². The number of carbonyl (C=O) groups is 1. The van der Waals surface area contributed by atoms with Crippen LogP contribution in [0.15, 0.2) is 71.6 Å². The third-order valence-corrected chi connectivity index (χ3v) is 6.39. The summed E-state index contributed by atoms with van der Waals surface area (Å²) >= 11 is 0. The average molecular weight is 435 g/mol. The Kier molecular flexibility index (Phi) is 5.48.